The van der Waals surface area contributed by atoms with Crippen molar-refractivity contribution >= 4 is 27.3 Å². The van der Waals surface area contributed by atoms with Gasteiger partial charge in [-0.15, -0.1) is 0 Å². The maximum Gasteiger partial charge on any atom is 0.242 e. The highest BCUT2D eigenvalue weighted by Crippen LogP contribution is 2.23. The van der Waals surface area contributed by atoms with Crippen molar-refractivity contribution in [2.45, 2.75) is 50.3 Å². The quantitative estimate of drug-likeness (QED) is 0.540. The summed E-state index contributed by atoms with van der Waals surface area (Å²) in [7, 11) is -3.57. The van der Waals surface area contributed by atoms with E-state index in [1.807, 2.05) is 0 Å². The van der Waals surface area contributed by atoms with Gasteiger partial charge in [0.1, 0.15) is 4.90 Å². The Hall–Kier alpha value is -0.780. The van der Waals surface area contributed by atoms with Crippen LogP contribution in [0.2, 0.25) is 5.02 Å². The van der Waals surface area contributed by atoms with Crippen molar-refractivity contribution in [3.8, 4) is 0 Å². The lowest BCUT2D eigenvalue weighted by atomic mass is 10.1. The van der Waals surface area contributed by atoms with Crippen LogP contribution in [0.25, 0.3) is 0 Å². The van der Waals surface area contributed by atoms with Crippen LogP contribution < -0.4 is 10.5 Å². The van der Waals surface area contributed by atoms with Gasteiger partial charge in [-0.05, 0) is 24.6 Å². The summed E-state index contributed by atoms with van der Waals surface area (Å²) in [6, 6.07) is 4.46. The van der Waals surface area contributed by atoms with Crippen LogP contribution in [0.15, 0.2) is 23.1 Å². The molecule has 114 valence electrons. The van der Waals surface area contributed by atoms with Gasteiger partial charge in [0.15, 0.2) is 0 Å². The van der Waals surface area contributed by atoms with Gasteiger partial charge < -0.3 is 5.73 Å². The first kappa shape index (κ1) is 17.3. The maximum absolute atomic E-state index is 12.1. The third-order valence-electron chi connectivity index (χ3n) is 3.07. The van der Waals surface area contributed by atoms with Crippen LogP contribution in [0.5, 0.6) is 0 Å². The number of hydrogen-bond acceptors (Lipinski definition) is 3. The lowest BCUT2D eigenvalue weighted by Crippen LogP contribution is -2.25. The van der Waals surface area contributed by atoms with E-state index in [2.05, 4.69) is 11.6 Å². The first-order valence-electron chi connectivity index (χ1n) is 7.02. The molecule has 0 unspecified atom stereocenters. The van der Waals surface area contributed by atoms with E-state index < -0.39 is 10.0 Å². The highest BCUT2D eigenvalue weighted by atomic mass is 35.5. The van der Waals surface area contributed by atoms with Crippen LogP contribution in [-0.4, -0.2) is 15.0 Å². The van der Waals surface area contributed by atoms with E-state index in [-0.39, 0.29) is 9.92 Å². The van der Waals surface area contributed by atoms with Crippen LogP contribution in [-0.2, 0) is 10.0 Å². The minimum Gasteiger partial charge on any atom is -0.399 e. The molecule has 0 aliphatic carbocycles. The molecule has 0 radical (unpaired) electrons. The highest BCUT2D eigenvalue weighted by Gasteiger charge is 2.17. The van der Waals surface area contributed by atoms with Crippen molar-refractivity contribution in [3.05, 3.63) is 23.2 Å². The summed E-state index contributed by atoms with van der Waals surface area (Å²) in [4.78, 5) is 0.0464. The SMILES string of the molecule is CCCCCCCCNS(=O)(=O)c1cc(N)ccc1Cl. The first-order valence-corrected chi connectivity index (χ1v) is 8.88. The zero-order valence-corrected chi connectivity index (χ0v) is 13.4. The topological polar surface area (TPSA) is 72.2 Å². The fraction of sp³-hybridized carbons (Fsp3) is 0.571. The second-order valence-electron chi connectivity index (χ2n) is 4.86. The van der Waals surface area contributed by atoms with E-state index in [0.717, 1.165) is 19.3 Å². The van der Waals surface area contributed by atoms with E-state index in [4.69, 9.17) is 17.3 Å². The fourth-order valence-electron chi connectivity index (χ4n) is 1.92. The van der Waals surface area contributed by atoms with Crippen LogP contribution >= 0.6 is 11.6 Å². The average molecular weight is 319 g/mol. The summed E-state index contributed by atoms with van der Waals surface area (Å²) in [5.41, 5.74) is 5.98. The Morgan fingerprint density at radius 2 is 1.80 bits per heavy atom. The van der Waals surface area contributed by atoms with Crippen LogP contribution in [0.4, 0.5) is 5.69 Å². The van der Waals surface area contributed by atoms with Gasteiger partial charge in [-0.1, -0.05) is 50.6 Å². The maximum atomic E-state index is 12.1. The molecule has 0 bridgehead atoms. The smallest absolute Gasteiger partial charge is 0.242 e. The van der Waals surface area contributed by atoms with Crippen LogP contribution in [0.1, 0.15) is 45.4 Å². The van der Waals surface area contributed by atoms with Gasteiger partial charge in [0.25, 0.3) is 0 Å². The van der Waals surface area contributed by atoms with Gasteiger partial charge >= 0.3 is 0 Å². The molecule has 0 heterocycles. The molecule has 4 nitrogen and oxygen atoms in total. The molecule has 0 amide bonds. The number of nitrogens with one attached hydrogen (secondary N) is 1. The van der Waals surface area contributed by atoms with Gasteiger partial charge in [-0.25, -0.2) is 13.1 Å². The first-order chi connectivity index (χ1) is 9.47. The summed E-state index contributed by atoms with van der Waals surface area (Å²) in [6.07, 6.45) is 6.68. The predicted octanol–water partition coefficient (Wildman–Crippen LogP) is 3.56. The van der Waals surface area contributed by atoms with E-state index in [9.17, 15) is 8.42 Å². The Bertz CT molecular complexity index is 518. The fourth-order valence-corrected chi connectivity index (χ4v) is 3.52. The van der Waals surface area contributed by atoms with E-state index in [1.54, 1.807) is 6.07 Å². The molecule has 0 atom stereocenters. The van der Waals surface area contributed by atoms with Crippen molar-refractivity contribution < 1.29 is 8.42 Å². The molecule has 0 fully saturated rings. The van der Waals surface area contributed by atoms with Gasteiger partial charge in [0, 0.05) is 12.2 Å². The summed E-state index contributed by atoms with van der Waals surface area (Å²) >= 11 is 5.90. The number of benzene rings is 1. The summed E-state index contributed by atoms with van der Waals surface area (Å²) in [5, 5.41) is 0.189. The molecule has 1 aromatic rings. The lowest BCUT2D eigenvalue weighted by Gasteiger charge is -2.09. The van der Waals surface area contributed by atoms with Gasteiger partial charge in [-0.3, -0.25) is 0 Å². The molecule has 20 heavy (non-hydrogen) atoms. The Kier molecular flexibility index (Phi) is 7.34. The number of unbranched alkanes of at least 4 members (excludes halogenated alkanes) is 5. The average Bonchev–Trinajstić information content (AvgIpc) is 2.40. The van der Waals surface area contributed by atoms with E-state index in [1.165, 1.54) is 31.4 Å². The largest absolute Gasteiger partial charge is 0.399 e. The summed E-state index contributed by atoms with van der Waals surface area (Å²) in [5.74, 6) is 0. The molecule has 0 aliphatic rings. The number of nitrogen functional groups attached to an aromatic ring is 1. The van der Waals surface area contributed by atoms with Crippen molar-refractivity contribution in [1.82, 2.24) is 4.72 Å². The number of nitrogens with two attached hydrogens (primary N) is 1. The lowest BCUT2D eigenvalue weighted by molar-refractivity contribution is 0.568. The number of halogens is 1. The molecular formula is C14H23ClN2O2S. The molecule has 1 aromatic carbocycles. The molecular weight excluding hydrogens is 296 g/mol. The second kappa shape index (κ2) is 8.49. The predicted molar refractivity (Wildman–Crippen MR) is 84.4 cm³/mol. The van der Waals surface area contributed by atoms with E-state index in [0.29, 0.717) is 12.2 Å². The van der Waals surface area contributed by atoms with Gasteiger partial charge in [0.05, 0.1) is 5.02 Å². The molecule has 3 N–H and O–H groups in total. The van der Waals surface area contributed by atoms with Crippen molar-refractivity contribution in [1.29, 1.82) is 0 Å². The van der Waals surface area contributed by atoms with Crippen molar-refractivity contribution in [2.75, 3.05) is 12.3 Å². The number of anilines is 1. The normalized spacial score (nSPS) is 11.7. The summed E-state index contributed by atoms with van der Waals surface area (Å²) in [6.45, 7) is 2.60. The zero-order valence-electron chi connectivity index (χ0n) is 11.9. The Morgan fingerprint density at radius 3 is 2.50 bits per heavy atom. The Morgan fingerprint density at radius 1 is 1.15 bits per heavy atom. The minimum atomic E-state index is -3.57. The van der Waals surface area contributed by atoms with Crippen molar-refractivity contribution in [2.24, 2.45) is 0 Å². The molecule has 0 aromatic heterocycles. The third-order valence-corrected chi connectivity index (χ3v) is 5.01. The van der Waals surface area contributed by atoms with Crippen LogP contribution in [0, 0.1) is 0 Å². The number of rotatable bonds is 9. The molecule has 0 saturated carbocycles. The number of hydrogen-bond donors (Lipinski definition) is 2. The monoisotopic (exact) mass is 318 g/mol. The van der Waals surface area contributed by atoms with Gasteiger partial charge in [0.2, 0.25) is 10.0 Å². The summed E-state index contributed by atoms with van der Waals surface area (Å²) < 4.78 is 26.7. The molecule has 6 heteroatoms. The standard InChI is InChI=1S/C14H23ClN2O2S/c1-2-3-4-5-6-7-10-17-20(18,19)14-11-12(16)8-9-13(14)15/h8-9,11,17H,2-7,10,16H2,1H3. The zero-order chi connectivity index (χ0) is 15.0. The second-order valence-corrected chi connectivity index (χ2v) is 7.00. The molecule has 0 saturated heterocycles. The highest BCUT2D eigenvalue weighted by molar-refractivity contribution is 7.89. The Balaban J connectivity index is 2.44. The van der Waals surface area contributed by atoms with E-state index >= 15 is 0 Å². The molecule has 1 rings (SSSR count). The van der Waals surface area contributed by atoms with Gasteiger partial charge in [-0.2, -0.15) is 0 Å². The minimum absolute atomic E-state index is 0.0464. The van der Waals surface area contributed by atoms with Crippen molar-refractivity contribution in [3.63, 3.8) is 0 Å². The molecule has 0 spiro atoms. The molecule has 0 aliphatic heterocycles. The third kappa shape index (κ3) is 5.69. The van der Waals surface area contributed by atoms with Crippen LogP contribution in [0.3, 0.4) is 0 Å². The Labute approximate surface area is 126 Å². The number of sulfonamides is 1.